The first-order valence-corrected chi connectivity index (χ1v) is 12.2. The van der Waals surface area contributed by atoms with E-state index >= 15 is 0 Å². The molecule has 2 aromatic heterocycles. The van der Waals surface area contributed by atoms with Gasteiger partial charge in [-0.3, -0.25) is 14.2 Å². The zero-order valence-corrected chi connectivity index (χ0v) is 19.8. The predicted octanol–water partition coefficient (Wildman–Crippen LogP) is 4.48. The van der Waals surface area contributed by atoms with Crippen molar-refractivity contribution in [3.05, 3.63) is 81.3 Å². The lowest BCUT2D eigenvalue weighted by atomic mass is 10.2. The van der Waals surface area contributed by atoms with Crippen molar-refractivity contribution in [2.75, 3.05) is 12.4 Å². The highest BCUT2D eigenvalue weighted by atomic mass is 32.2. The molecule has 7 nitrogen and oxygen atoms in total. The van der Waals surface area contributed by atoms with E-state index in [1.165, 1.54) is 16.3 Å². The number of hydrogen-bond acceptors (Lipinski definition) is 7. The van der Waals surface area contributed by atoms with Gasteiger partial charge in [0.1, 0.15) is 5.75 Å². The number of nitrogens with zero attached hydrogens (tertiary/aromatic N) is 3. The third-order valence-electron chi connectivity index (χ3n) is 4.71. The minimum atomic E-state index is -0.281. The first kappa shape index (κ1) is 22.8. The molecule has 168 valence electrons. The Hall–Kier alpha value is -3.43. The van der Waals surface area contributed by atoms with Gasteiger partial charge in [-0.1, -0.05) is 30.0 Å². The molecule has 2 aromatic carbocycles. The van der Waals surface area contributed by atoms with Gasteiger partial charge in [0, 0.05) is 4.88 Å². The van der Waals surface area contributed by atoms with Crippen LogP contribution in [-0.4, -0.2) is 33.5 Å². The van der Waals surface area contributed by atoms with E-state index in [0.29, 0.717) is 28.4 Å². The number of rotatable bonds is 8. The molecule has 0 aliphatic rings. The van der Waals surface area contributed by atoms with E-state index in [2.05, 4.69) is 15.5 Å². The summed E-state index contributed by atoms with van der Waals surface area (Å²) in [7, 11) is 0. The van der Waals surface area contributed by atoms with Crippen LogP contribution in [0.5, 0.6) is 5.75 Å². The summed E-state index contributed by atoms with van der Waals surface area (Å²) in [6.45, 7) is 4.31. The number of thiophene rings is 1. The molecule has 33 heavy (non-hydrogen) atoms. The molecule has 9 heteroatoms. The number of ether oxygens (including phenoxy) is 1. The summed E-state index contributed by atoms with van der Waals surface area (Å²) < 4.78 is 7.03. The maximum atomic E-state index is 13.3. The summed E-state index contributed by atoms with van der Waals surface area (Å²) in [5.41, 5.74) is 4.35. The van der Waals surface area contributed by atoms with Gasteiger partial charge in [0.2, 0.25) is 0 Å². The first-order chi connectivity index (χ1) is 16.1. The Morgan fingerprint density at radius 3 is 2.67 bits per heavy atom. The van der Waals surface area contributed by atoms with Gasteiger partial charge in [0.05, 0.1) is 34.7 Å². The molecule has 0 unspecified atom stereocenters. The summed E-state index contributed by atoms with van der Waals surface area (Å²) in [6.07, 6.45) is 0. The normalized spacial score (nSPS) is 11.5. The molecule has 4 rings (SSSR count). The molecule has 1 N–H and O–H groups in total. The van der Waals surface area contributed by atoms with Gasteiger partial charge in [0.25, 0.3) is 11.5 Å². The van der Waals surface area contributed by atoms with Crippen LogP contribution in [0.15, 0.2) is 81.1 Å². The highest BCUT2D eigenvalue weighted by molar-refractivity contribution is 7.99. The SMILES string of the molecule is CCOc1ccc(-n2c(SCC(=O)NN=C(C)c3cccs3)nc3ccccc3c2=O)cc1. The number of hydrogen-bond donors (Lipinski definition) is 1. The fourth-order valence-corrected chi connectivity index (χ4v) is 4.63. The van der Waals surface area contributed by atoms with Crippen LogP contribution < -0.4 is 15.7 Å². The minimum Gasteiger partial charge on any atom is -0.494 e. The van der Waals surface area contributed by atoms with Crippen molar-refractivity contribution >= 4 is 45.6 Å². The van der Waals surface area contributed by atoms with Crippen LogP contribution in [0.2, 0.25) is 0 Å². The van der Waals surface area contributed by atoms with Crippen LogP contribution in [0.25, 0.3) is 16.6 Å². The van der Waals surface area contributed by atoms with Gasteiger partial charge < -0.3 is 4.74 Å². The van der Waals surface area contributed by atoms with Gasteiger partial charge in [0.15, 0.2) is 5.16 Å². The second-order valence-corrected chi connectivity index (χ2v) is 8.87. The first-order valence-electron chi connectivity index (χ1n) is 10.3. The van der Waals surface area contributed by atoms with Crippen LogP contribution in [0, 0.1) is 0 Å². The molecule has 0 radical (unpaired) electrons. The fourth-order valence-electron chi connectivity index (χ4n) is 3.14. The summed E-state index contributed by atoms with van der Waals surface area (Å²) in [5, 5.41) is 7.06. The van der Waals surface area contributed by atoms with E-state index in [0.717, 1.165) is 16.3 Å². The maximum absolute atomic E-state index is 13.3. The number of aromatic nitrogens is 2. The van der Waals surface area contributed by atoms with Crippen LogP contribution in [-0.2, 0) is 4.79 Å². The molecule has 0 saturated heterocycles. The summed E-state index contributed by atoms with van der Waals surface area (Å²) >= 11 is 2.74. The minimum absolute atomic E-state index is 0.0586. The quantitative estimate of drug-likeness (QED) is 0.175. The molecule has 1 amide bonds. The lowest BCUT2D eigenvalue weighted by Gasteiger charge is -2.13. The molecule has 0 aliphatic heterocycles. The molecule has 0 bridgehead atoms. The molecule has 2 heterocycles. The van der Waals surface area contributed by atoms with Crippen molar-refractivity contribution in [1.82, 2.24) is 15.0 Å². The number of benzene rings is 2. The number of nitrogens with one attached hydrogen (secondary N) is 1. The van der Waals surface area contributed by atoms with Crippen molar-refractivity contribution in [3.63, 3.8) is 0 Å². The van der Waals surface area contributed by atoms with Crippen LogP contribution in [0.1, 0.15) is 18.7 Å². The van der Waals surface area contributed by atoms with Crippen LogP contribution in [0.3, 0.4) is 0 Å². The number of fused-ring (bicyclic) bond motifs is 1. The number of amides is 1. The van der Waals surface area contributed by atoms with Crippen LogP contribution in [0.4, 0.5) is 0 Å². The molecule has 0 aliphatic carbocycles. The molecule has 0 atom stereocenters. The third-order valence-corrected chi connectivity index (χ3v) is 6.63. The van der Waals surface area contributed by atoms with Crippen molar-refractivity contribution < 1.29 is 9.53 Å². The summed E-state index contributed by atoms with van der Waals surface area (Å²) in [6, 6.07) is 18.3. The topological polar surface area (TPSA) is 85.6 Å². The zero-order chi connectivity index (χ0) is 23.2. The average Bonchev–Trinajstić information content (AvgIpc) is 3.37. The van der Waals surface area contributed by atoms with Crippen molar-refractivity contribution in [3.8, 4) is 11.4 Å². The zero-order valence-electron chi connectivity index (χ0n) is 18.1. The van der Waals surface area contributed by atoms with Gasteiger partial charge >= 0.3 is 0 Å². The smallest absolute Gasteiger partial charge is 0.266 e. The van der Waals surface area contributed by atoms with Crippen molar-refractivity contribution in [2.24, 2.45) is 5.10 Å². The number of carbonyl (C=O) groups excluding carboxylic acids is 1. The highest BCUT2D eigenvalue weighted by Crippen LogP contribution is 2.23. The number of thioether (sulfide) groups is 1. The molecule has 0 fully saturated rings. The highest BCUT2D eigenvalue weighted by Gasteiger charge is 2.15. The van der Waals surface area contributed by atoms with Crippen molar-refractivity contribution in [2.45, 2.75) is 19.0 Å². The fraction of sp³-hybridized carbons (Fsp3) is 0.167. The average molecular weight is 479 g/mol. The van der Waals surface area contributed by atoms with Crippen molar-refractivity contribution in [1.29, 1.82) is 0 Å². The van der Waals surface area contributed by atoms with E-state index in [9.17, 15) is 9.59 Å². The Bertz CT molecular complexity index is 1350. The van der Waals surface area contributed by atoms with Gasteiger partial charge in [-0.05, 0) is 61.7 Å². The Morgan fingerprint density at radius 2 is 1.94 bits per heavy atom. The number of carbonyl (C=O) groups is 1. The molecule has 4 aromatic rings. The second-order valence-electron chi connectivity index (χ2n) is 6.98. The monoisotopic (exact) mass is 478 g/mol. The van der Waals surface area contributed by atoms with Crippen LogP contribution >= 0.6 is 23.1 Å². The molecular formula is C24H22N4O3S2. The Balaban J connectivity index is 1.60. The predicted molar refractivity (Wildman–Crippen MR) is 134 cm³/mol. The van der Waals surface area contributed by atoms with Gasteiger partial charge in [-0.25, -0.2) is 10.4 Å². The Kier molecular flexibility index (Phi) is 7.21. The summed E-state index contributed by atoms with van der Waals surface area (Å²) in [4.78, 5) is 31.4. The standard InChI is InChI=1S/C24H22N4O3S2/c1-3-31-18-12-10-17(11-13-18)28-23(30)19-7-4-5-8-20(19)25-24(28)33-15-22(29)27-26-16(2)21-9-6-14-32-21/h4-14H,3,15H2,1-2H3,(H,27,29). The third kappa shape index (κ3) is 5.32. The molecule has 0 spiro atoms. The van der Waals surface area contributed by atoms with Gasteiger partial charge in [-0.2, -0.15) is 5.10 Å². The van der Waals surface area contributed by atoms with E-state index in [1.54, 1.807) is 23.5 Å². The second kappa shape index (κ2) is 10.5. The Labute approximate surface area is 199 Å². The molecule has 0 saturated carbocycles. The van der Waals surface area contributed by atoms with E-state index in [1.807, 2.05) is 67.8 Å². The lowest BCUT2D eigenvalue weighted by Crippen LogP contribution is -2.24. The molecular weight excluding hydrogens is 456 g/mol. The van der Waals surface area contributed by atoms with E-state index < -0.39 is 0 Å². The van der Waals surface area contributed by atoms with Gasteiger partial charge in [-0.15, -0.1) is 11.3 Å². The summed E-state index contributed by atoms with van der Waals surface area (Å²) in [5.74, 6) is 0.496. The van der Waals surface area contributed by atoms with E-state index in [4.69, 9.17) is 4.74 Å². The lowest BCUT2D eigenvalue weighted by molar-refractivity contribution is -0.118. The Morgan fingerprint density at radius 1 is 1.15 bits per heavy atom. The number of para-hydroxylation sites is 1. The largest absolute Gasteiger partial charge is 0.494 e. The maximum Gasteiger partial charge on any atom is 0.266 e. The van der Waals surface area contributed by atoms with E-state index in [-0.39, 0.29) is 17.2 Å². The number of hydrazone groups is 1.